The number of aromatic nitrogens is 2. The van der Waals surface area contributed by atoms with Gasteiger partial charge in [-0.1, -0.05) is 46.9 Å². The summed E-state index contributed by atoms with van der Waals surface area (Å²) in [5.41, 5.74) is 2.02. The van der Waals surface area contributed by atoms with Crippen LogP contribution in [0.15, 0.2) is 61.6 Å². The van der Waals surface area contributed by atoms with Crippen LogP contribution in [0, 0.1) is 0 Å². The third-order valence-electron chi connectivity index (χ3n) is 4.56. The normalized spacial score (nSPS) is 11.5. The highest BCUT2D eigenvalue weighted by Crippen LogP contribution is 2.30. The highest BCUT2D eigenvalue weighted by molar-refractivity contribution is 7.80. The number of hydrogen-bond donors (Lipinski definition) is 2. The highest BCUT2D eigenvalue weighted by atomic mass is 35.5. The van der Waals surface area contributed by atoms with Gasteiger partial charge in [-0.15, -0.1) is 6.58 Å². The average molecular weight is 510 g/mol. The molecule has 0 radical (unpaired) electrons. The van der Waals surface area contributed by atoms with E-state index in [9.17, 15) is 4.79 Å². The Morgan fingerprint density at radius 2 is 2.06 bits per heavy atom. The molecule has 0 spiro atoms. The molecule has 0 aliphatic rings. The number of halogens is 3. The van der Waals surface area contributed by atoms with E-state index in [0.717, 1.165) is 5.69 Å². The molecule has 1 unspecified atom stereocenters. The monoisotopic (exact) mass is 508 g/mol. The fourth-order valence-electron chi connectivity index (χ4n) is 3.09. The minimum Gasteiger partial charge on any atom is -0.494 e. The second-order valence-electron chi connectivity index (χ2n) is 6.68. The zero-order valence-corrected chi connectivity index (χ0v) is 20.0. The van der Waals surface area contributed by atoms with Crippen LogP contribution in [0.3, 0.4) is 0 Å². The molecule has 3 rings (SSSR count). The van der Waals surface area contributed by atoms with Crippen LogP contribution < -0.4 is 15.4 Å². The molecule has 3 aromatic rings. The van der Waals surface area contributed by atoms with Gasteiger partial charge in [0.05, 0.1) is 18.7 Å². The first-order chi connectivity index (χ1) is 15.3. The summed E-state index contributed by atoms with van der Waals surface area (Å²) < 4.78 is 7.20. The number of amides is 1. The van der Waals surface area contributed by atoms with E-state index in [1.807, 2.05) is 6.07 Å². The van der Waals surface area contributed by atoms with E-state index < -0.39 is 5.92 Å². The molecule has 0 fully saturated rings. The van der Waals surface area contributed by atoms with E-state index in [0.29, 0.717) is 38.6 Å². The molecule has 1 amide bonds. The van der Waals surface area contributed by atoms with Gasteiger partial charge in [0.25, 0.3) is 0 Å². The summed E-state index contributed by atoms with van der Waals surface area (Å²) >= 11 is 23.5. The minimum absolute atomic E-state index is 0.134. The summed E-state index contributed by atoms with van der Waals surface area (Å²) in [5.74, 6) is -0.321. The summed E-state index contributed by atoms with van der Waals surface area (Å²) in [6.45, 7) is 3.73. The van der Waals surface area contributed by atoms with E-state index in [1.54, 1.807) is 60.6 Å². The summed E-state index contributed by atoms with van der Waals surface area (Å²) in [6, 6.07) is 10.4. The zero-order valence-electron chi connectivity index (χ0n) is 16.9. The van der Waals surface area contributed by atoms with Crippen molar-refractivity contribution in [3.8, 4) is 11.4 Å². The van der Waals surface area contributed by atoms with Crippen LogP contribution in [0.5, 0.6) is 5.75 Å². The van der Waals surface area contributed by atoms with Crippen molar-refractivity contribution in [2.24, 2.45) is 0 Å². The molecule has 1 heterocycles. The van der Waals surface area contributed by atoms with Crippen molar-refractivity contribution in [2.45, 2.75) is 12.3 Å². The van der Waals surface area contributed by atoms with Crippen molar-refractivity contribution in [1.29, 1.82) is 0 Å². The number of carbonyl (C=O) groups excluding carboxylic acids is 1. The zero-order chi connectivity index (χ0) is 23.3. The quantitative estimate of drug-likeness (QED) is 0.301. The second-order valence-corrected chi connectivity index (χ2v) is 8.32. The second kappa shape index (κ2) is 10.8. The van der Waals surface area contributed by atoms with Crippen molar-refractivity contribution in [3.63, 3.8) is 0 Å². The van der Waals surface area contributed by atoms with E-state index in [2.05, 4.69) is 22.2 Å². The molecule has 0 aliphatic carbocycles. The number of anilines is 1. The molecule has 1 atom stereocenters. The molecule has 2 N–H and O–H groups in total. The summed E-state index contributed by atoms with van der Waals surface area (Å²) in [6.07, 6.45) is 5.28. The molecule has 6 nitrogen and oxygen atoms in total. The Bertz CT molecular complexity index is 1170. The van der Waals surface area contributed by atoms with Gasteiger partial charge in [-0.25, -0.2) is 4.98 Å². The number of thiocarbonyl (C=S) groups is 1. The number of methoxy groups -OCH3 is 1. The van der Waals surface area contributed by atoms with E-state index in [1.165, 1.54) is 0 Å². The van der Waals surface area contributed by atoms with Gasteiger partial charge in [-0.2, -0.15) is 0 Å². The molecular formula is C22H19Cl3N4O2S. The SMILES string of the molecule is C=CCC(C(=O)NC(=S)Nc1ccc(-n2cnc(Cl)c2)c(OC)c1)c1ccc(Cl)cc1Cl. The Morgan fingerprint density at radius 1 is 1.28 bits per heavy atom. The fourth-order valence-corrected chi connectivity index (χ4v) is 3.99. The topological polar surface area (TPSA) is 68.2 Å². The van der Waals surface area contributed by atoms with Crippen LogP contribution in [0.4, 0.5) is 5.69 Å². The number of ether oxygens (including phenoxy) is 1. The van der Waals surface area contributed by atoms with E-state index >= 15 is 0 Å². The maximum atomic E-state index is 12.9. The first-order valence-corrected chi connectivity index (χ1v) is 10.9. The number of carbonyl (C=O) groups is 1. The smallest absolute Gasteiger partial charge is 0.234 e. The lowest BCUT2D eigenvalue weighted by molar-refractivity contribution is -0.121. The van der Waals surface area contributed by atoms with Gasteiger partial charge in [0.15, 0.2) is 5.11 Å². The van der Waals surface area contributed by atoms with Crippen molar-refractivity contribution in [1.82, 2.24) is 14.9 Å². The van der Waals surface area contributed by atoms with Crippen molar-refractivity contribution >= 4 is 63.7 Å². The number of nitrogens with one attached hydrogen (secondary N) is 2. The number of rotatable bonds is 7. The first kappa shape index (κ1) is 24.1. The minimum atomic E-state index is -0.570. The predicted molar refractivity (Wildman–Crippen MR) is 134 cm³/mol. The van der Waals surface area contributed by atoms with Gasteiger partial charge in [0.2, 0.25) is 5.91 Å². The molecule has 1 aromatic heterocycles. The summed E-state index contributed by atoms with van der Waals surface area (Å²) in [5, 5.41) is 7.10. The van der Waals surface area contributed by atoms with Crippen LogP contribution in [-0.2, 0) is 4.79 Å². The van der Waals surface area contributed by atoms with Gasteiger partial charge in [0.1, 0.15) is 17.2 Å². The largest absolute Gasteiger partial charge is 0.494 e. The highest BCUT2D eigenvalue weighted by Gasteiger charge is 2.23. The molecule has 0 aliphatic heterocycles. The molecule has 166 valence electrons. The predicted octanol–water partition coefficient (Wildman–Crippen LogP) is 6.01. The standard InChI is InChI=1S/C22H19Cl3N4O2S/c1-3-4-16(15-7-5-13(23)9-17(15)24)21(30)28-22(32)27-14-6-8-18(19(10-14)31-2)29-11-20(25)26-12-29/h3,5-12,16H,1,4H2,2H3,(H2,27,28,30,32). The maximum absolute atomic E-state index is 12.9. The maximum Gasteiger partial charge on any atom is 0.234 e. The van der Waals surface area contributed by atoms with Crippen LogP contribution in [0.1, 0.15) is 17.9 Å². The van der Waals surface area contributed by atoms with Crippen LogP contribution in [-0.4, -0.2) is 27.7 Å². The summed E-state index contributed by atoms with van der Waals surface area (Å²) in [4.78, 5) is 16.9. The molecule has 32 heavy (non-hydrogen) atoms. The number of hydrogen-bond acceptors (Lipinski definition) is 4. The number of nitrogens with zero attached hydrogens (tertiary/aromatic N) is 2. The molecule has 0 bridgehead atoms. The first-order valence-electron chi connectivity index (χ1n) is 9.38. The van der Waals surface area contributed by atoms with Crippen molar-refractivity contribution in [2.75, 3.05) is 12.4 Å². The Hall–Kier alpha value is -2.58. The Labute approximate surface area is 206 Å². The van der Waals surface area contributed by atoms with Crippen LogP contribution in [0.2, 0.25) is 15.2 Å². The molecule has 2 aromatic carbocycles. The molecule has 10 heteroatoms. The molecular weight excluding hydrogens is 491 g/mol. The lowest BCUT2D eigenvalue weighted by Gasteiger charge is -2.18. The van der Waals surface area contributed by atoms with E-state index in [4.69, 9.17) is 51.8 Å². The third-order valence-corrected chi connectivity index (χ3v) is 5.52. The average Bonchev–Trinajstić information content (AvgIpc) is 3.18. The van der Waals surface area contributed by atoms with Gasteiger partial charge in [-0.3, -0.25) is 4.79 Å². The van der Waals surface area contributed by atoms with Crippen molar-refractivity contribution in [3.05, 3.63) is 82.3 Å². The molecule has 0 saturated heterocycles. The van der Waals surface area contributed by atoms with Gasteiger partial charge in [-0.05, 0) is 48.5 Å². The number of allylic oxidation sites excluding steroid dienone is 1. The Kier molecular flexibility index (Phi) is 8.15. The Balaban J connectivity index is 1.73. The van der Waals surface area contributed by atoms with Gasteiger partial charge >= 0.3 is 0 Å². The molecule has 0 saturated carbocycles. The lowest BCUT2D eigenvalue weighted by Crippen LogP contribution is -2.37. The Morgan fingerprint density at radius 3 is 2.69 bits per heavy atom. The van der Waals surface area contributed by atoms with Crippen LogP contribution >= 0.6 is 47.0 Å². The summed E-state index contributed by atoms with van der Waals surface area (Å²) in [7, 11) is 1.55. The fraction of sp³-hybridized carbons (Fsp3) is 0.136. The number of imidazole rings is 1. The van der Waals surface area contributed by atoms with Crippen LogP contribution in [0.25, 0.3) is 5.69 Å². The van der Waals surface area contributed by atoms with Gasteiger partial charge in [0, 0.05) is 28.0 Å². The van der Waals surface area contributed by atoms with E-state index in [-0.39, 0.29) is 11.0 Å². The third kappa shape index (κ3) is 5.81. The van der Waals surface area contributed by atoms with Crippen molar-refractivity contribution < 1.29 is 9.53 Å². The number of benzene rings is 2. The van der Waals surface area contributed by atoms with Gasteiger partial charge < -0.3 is 19.9 Å². The lowest BCUT2D eigenvalue weighted by atomic mass is 9.95.